The quantitative estimate of drug-likeness (QED) is 0.296. The van der Waals surface area contributed by atoms with Gasteiger partial charge in [-0.3, -0.25) is 19.3 Å². The van der Waals surface area contributed by atoms with Crippen molar-refractivity contribution in [3.8, 4) is 11.5 Å². The summed E-state index contributed by atoms with van der Waals surface area (Å²) in [4.78, 5) is 39.3. The van der Waals surface area contributed by atoms with Crippen LogP contribution in [0.25, 0.3) is 6.08 Å². The number of ether oxygens (including phenoxy) is 2. The van der Waals surface area contributed by atoms with Gasteiger partial charge in [0, 0.05) is 12.2 Å². The summed E-state index contributed by atoms with van der Waals surface area (Å²) in [6, 6.07) is 20.6. The minimum atomic E-state index is -0.350. The van der Waals surface area contributed by atoms with Crippen LogP contribution in [0.4, 0.5) is 10.5 Å². The molecule has 1 N–H and O–H groups in total. The van der Waals surface area contributed by atoms with E-state index in [-0.39, 0.29) is 34.4 Å². The topological polar surface area (TPSA) is 84.9 Å². The largest absolute Gasteiger partial charge is 0.493 e. The number of amides is 3. The lowest BCUT2D eigenvalue weighted by atomic mass is 10.1. The van der Waals surface area contributed by atoms with E-state index in [1.165, 1.54) is 12.0 Å². The molecule has 4 rings (SSSR count). The van der Waals surface area contributed by atoms with Crippen LogP contribution in [-0.2, 0) is 16.0 Å². The van der Waals surface area contributed by atoms with E-state index < -0.39 is 0 Å². The third-order valence-corrected chi connectivity index (χ3v) is 6.98. The molecule has 0 bridgehead atoms. The van der Waals surface area contributed by atoms with E-state index in [2.05, 4.69) is 5.32 Å². The molecule has 0 atom stereocenters. The number of carbonyl (C=O) groups excluding carboxylic acids is 3. The molecule has 3 aromatic carbocycles. The van der Waals surface area contributed by atoms with E-state index in [1.54, 1.807) is 30.3 Å². The van der Waals surface area contributed by atoms with Crippen LogP contribution in [0.15, 0.2) is 71.6 Å². The zero-order valence-electron chi connectivity index (χ0n) is 21.0. The van der Waals surface area contributed by atoms with Crippen LogP contribution in [0.5, 0.6) is 11.5 Å². The first-order valence-corrected chi connectivity index (χ1v) is 13.2. The summed E-state index contributed by atoms with van der Waals surface area (Å²) in [5.41, 5.74) is 3.47. The van der Waals surface area contributed by atoms with Crippen molar-refractivity contribution in [1.82, 2.24) is 4.90 Å². The van der Waals surface area contributed by atoms with Gasteiger partial charge in [0.15, 0.2) is 18.1 Å². The molecule has 1 fully saturated rings. The summed E-state index contributed by atoms with van der Waals surface area (Å²) in [7, 11) is 1.45. The lowest BCUT2D eigenvalue weighted by molar-refractivity contribution is -0.122. The van der Waals surface area contributed by atoms with E-state index in [1.807, 2.05) is 49.4 Å². The number of hydrogen-bond donors (Lipinski definition) is 1. The zero-order valence-corrected chi connectivity index (χ0v) is 22.6. The number of hydrogen-bond acceptors (Lipinski definition) is 6. The summed E-state index contributed by atoms with van der Waals surface area (Å²) >= 11 is 7.34. The molecular weight excluding hydrogens is 524 g/mol. The molecular formula is C29H27ClN2O5S. The number of benzene rings is 3. The molecule has 0 saturated carbocycles. The van der Waals surface area contributed by atoms with Crippen LogP contribution in [-0.4, -0.2) is 42.2 Å². The molecule has 1 aliphatic heterocycles. The molecule has 7 nitrogen and oxygen atoms in total. The Morgan fingerprint density at radius 2 is 1.82 bits per heavy atom. The second kappa shape index (κ2) is 12.7. The smallest absolute Gasteiger partial charge is 0.293 e. The highest BCUT2D eigenvalue weighted by Crippen LogP contribution is 2.39. The van der Waals surface area contributed by atoms with Gasteiger partial charge >= 0.3 is 0 Å². The van der Waals surface area contributed by atoms with Gasteiger partial charge in [-0.2, -0.15) is 0 Å². The Labute approximate surface area is 230 Å². The van der Waals surface area contributed by atoms with Crippen LogP contribution in [0.1, 0.15) is 23.1 Å². The van der Waals surface area contributed by atoms with Crippen molar-refractivity contribution >= 4 is 52.2 Å². The average Bonchev–Trinajstić information content (AvgIpc) is 3.17. The SMILES string of the molecule is COc1cc(/C=C2/SC(=O)N(CCCc3ccccc3)C2=O)cc(Cl)c1OCC(=O)Nc1ccc(C)cc1. The van der Waals surface area contributed by atoms with E-state index in [4.69, 9.17) is 21.1 Å². The number of aryl methyl sites for hydroxylation is 2. The number of thioether (sulfide) groups is 1. The van der Waals surface area contributed by atoms with Gasteiger partial charge in [-0.25, -0.2) is 0 Å². The Bertz CT molecular complexity index is 1360. The lowest BCUT2D eigenvalue weighted by Gasteiger charge is -2.14. The third-order valence-electron chi connectivity index (χ3n) is 5.80. The van der Waals surface area contributed by atoms with Crippen molar-refractivity contribution in [2.75, 3.05) is 25.6 Å². The number of nitrogens with one attached hydrogen (secondary N) is 1. The fourth-order valence-corrected chi connectivity index (χ4v) is 5.00. The van der Waals surface area contributed by atoms with Crippen molar-refractivity contribution in [3.05, 3.63) is 93.3 Å². The first-order chi connectivity index (χ1) is 18.3. The highest BCUT2D eigenvalue weighted by atomic mass is 35.5. The van der Waals surface area contributed by atoms with Gasteiger partial charge < -0.3 is 14.8 Å². The van der Waals surface area contributed by atoms with Crippen LogP contribution in [0.3, 0.4) is 0 Å². The standard InChI is InChI=1S/C29H27ClN2O5S/c1-19-10-12-22(13-11-19)31-26(33)18-37-27-23(30)15-21(16-24(27)36-2)17-25-28(34)32(29(35)38-25)14-6-9-20-7-4-3-5-8-20/h3-5,7-8,10-13,15-17H,6,9,14,18H2,1-2H3,(H,31,33)/b25-17+. The summed E-state index contributed by atoms with van der Waals surface area (Å²) in [6.07, 6.45) is 3.06. The van der Waals surface area contributed by atoms with Gasteiger partial charge in [-0.15, -0.1) is 0 Å². The number of methoxy groups -OCH3 is 1. The van der Waals surface area contributed by atoms with Crippen molar-refractivity contribution in [3.63, 3.8) is 0 Å². The lowest BCUT2D eigenvalue weighted by Crippen LogP contribution is -2.29. The van der Waals surface area contributed by atoms with Gasteiger partial charge in [0.2, 0.25) is 0 Å². The predicted octanol–water partition coefficient (Wildman–Crippen LogP) is 6.34. The first-order valence-electron chi connectivity index (χ1n) is 12.0. The molecule has 38 heavy (non-hydrogen) atoms. The summed E-state index contributed by atoms with van der Waals surface area (Å²) < 4.78 is 11.1. The Hall–Kier alpha value is -3.75. The minimum Gasteiger partial charge on any atom is -0.493 e. The summed E-state index contributed by atoms with van der Waals surface area (Å²) in [5, 5.41) is 2.67. The molecule has 1 saturated heterocycles. The van der Waals surface area contributed by atoms with Crippen LogP contribution in [0, 0.1) is 6.92 Å². The minimum absolute atomic E-state index is 0.208. The number of halogens is 1. The van der Waals surface area contributed by atoms with Gasteiger partial charge in [0.25, 0.3) is 17.1 Å². The third kappa shape index (κ3) is 6.96. The number of nitrogens with zero attached hydrogens (tertiary/aromatic N) is 1. The fourth-order valence-electron chi connectivity index (χ4n) is 3.86. The van der Waals surface area contributed by atoms with Crippen LogP contribution >= 0.6 is 23.4 Å². The summed E-state index contributed by atoms with van der Waals surface area (Å²) in [5.74, 6) is -0.179. The highest BCUT2D eigenvalue weighted by Gasteiger charge is 2.34. The fraction of sp³-hybridized carbons (Fsp3) is 0.207. The predicted molar refractivity (Wildman–Crippen MR) is 151 cm³/mol. The van der Waals surface area contributed by atoms with Crippen LogP contribution < -0.4 is 14.8 Å². The zero-order chi connectivity index (χ0) is 27.1. The number of carbonyl (C=O) groups is 3. The molecule has 0 aromatic heterocycles. The Morgan fingerprint density at radius 1 is 1.08 bits per heavy atom. The van der Waals surface area contributed by atoms with Crippen molar-refractivity contribution in [2.24, 2.45) is 0 Å². The van der Waals surface area contributed by atoms with Crippen LogP contribution in [0.2, 0.25) is 5.02 Å². The molecule has 3 aromatic rings. The molecule has 1 heterocycles. The number of anilines is 1. The Kier molecular flexibility index (Phi) is 9.10. The van der Waals surface area contributed by atoms with Crippen molar-refractivity contribution < 1.29 is 23.9 Å². The maximum absolute atomic E-state index is 12.9. The molecule has 0 aliphatic carbocycles. The van der Waals surface area contributed by atoms with Crippen molar-refractivity contribution in [2.45, 2.75) is 19.8 Å². The molecule has 196 valence electrons. The van der Waals surface area contributed by atoms with Gasteiger partial charge in [-0.1, -0.05) is 59.6 Å². The molecule has 9 heteroatoms. The molecule has 1 aliphatic rings. The highest BCUT2D eigenvalue weighted by molar-refractivity contribution is 8.18. The molecule has 0 spiro atoms. The van der Waals surface area contributed by atoms with Gasteiger partial charge in [0.1, 0.15) is 0 Å². The molecule has 0 unspecified atom stereocenters. The monoisotopic (exact) mass is 550 g/mol. The average molecular weight is 551 g/mol. The van der Waals surface area contributed by atoms with Gasteiger partial charge in [0.05, 0.1) is 17.0 Å². The van der Waals surface area contributed by atoms with E-state index in [0.717, 1.165) is 29.3 Å². The number of imide groups is 1. The van der Waals surface area contributed by atoms with E-state index in [9.17, 15) is 14.4 Å². The maximum atomic E-state index is 12.9. The van der Waals surface area contributed by atoms with Crippen molar-refractivity contribution in [1.29, 1.82) is 0 Å². The second-order valence-corrected chi connectivity index (χ2v) is 10.1. The maximum Gasteiger partial charge on any atom is 0.293 e. The van der Waals surface area contributed by atoms with E-state index >= 15 is 0 Å². The van der Waals surface area contributed by atoms with E-state index in [0.29, 0.717) is 34.9 Å². The van der Waals surface area contributed by atoms with Gasteiger partial charge in [-0.05, 0) is 73.0 Å². The molecule has 3 amide bonds. The number of rotatable bonds is 10. The first kappa shape index (κ1) is 27.3. The Balaban J connectivity index is 1.39. The Morgan fingerprint density at radius 3 is 2.53 bits per heavy atom. The normalized spacial score (nSPS) is 14.2. The second-order valence-electron chi connectivity index (χ2n) is 8.66. The molecule has 0 radical (unpaired) electrons. The summed E-state index contributed by atoms with van der Waals surface area (Å²) in [6.45, 7) is 2.04.